The van der Waals surface area contributed by atoms with Crippen LogP contribution in [0.5, 0.6) is 0 Å². The number of thiophene rings is 1. The molecule has 0 saturated carbocycles. The molecule has 2 aromatic heterocycles. The number of nitrogens with zero attached hydrogens (tertiary/aromatic N) is 3. The van der Waals surface area contributed by atoms with Gasteiger partial charge in [-0.25, -0.2) is 9.98 Å². The van der Waals surface area contributed by atoms with Gasteiger partial charge in [-0.05, 0) is 64.1 Å². The van der Waals surface area contributed by atoms with E-state index in [4.69, 9.17) is 4.99 Å². The number of guanidine groups is 1. The zero-order valence-corrected chi connectivity index (χ0v) is 18.3. The number of rotatable bonds is 7. The summed E-state index contributed by atoms with van der Waals surface area (Å²) < 4.78 is 0. The SMILES string of the molecule is CCNC(=NCc1sc(C)nc1C)NCC1CCN(Cc2cccs2)CC1. The summed E-state index contributed by atoms with van der Waals surface area (Å²) in [6.45, 7) is 12.3. The van der Waals surface area contributed by atoms with Crippen LogP contribution in [0.15, 0.2) is 22.5 Å². The zero-order valence-electron chi connectivity index (χ0n) is 16.6. The Balaban J connectivity index is 1.44. The van der Waals surface area contributed by atoms with Crippen molar-refractivity contribution >= 4 is 28.6 Å². The Kier molecular flexibility index (Phi) is 7.67. The smallest absolute Gasteiger partial charge is 0.191 e. The van der Waals surface area contributed by atoms with Crippen LogP contribution in [0.3, 0.4) is 0 Å². The highest BCUT2D eigenvalue weighted by molar-refractivity contribution is 7.11. The fourth-order valence-corrected chi connectivity index (χ4v) is 5.03. The third-order valence-corrected chi connectivity index (χ3v) is 6.87. The fraction of sp³-hybridized carbons (Fsp3) is 0.600. The van der Waals surface area contributed by atoms with E-state index in [0.717, 1.165) is 42.2 Å². The minimum Gasteiger partial charge on any atom is -0.357 e. The minimum absolute atomic E-state index is 0.700. The number of aryl methyl sites for hydroxylation is 2. The largest absolute Gasteiger partial charge is 0.357 e. The summed E-state index contributed by atoms with van der Waals surface area (Å²) in [5.74, 6) is 1.64. The number of nitrogens with one attached hydrogen (secondary N) is 2. The molecule has 1 fully saturated rings. The molecule has 0 atom stereocenters. The second-order valence-electron chi connectivity index (χ2n) is 7.12. The number of hydrogen-bond acceptors (Lipinski definition) is 5. The van der Waals surface area contributed by atoms with E-state index < -0.39 is 0 Å². The first-order valence-corrected chi connectivity index (χ1v) is 11.5. The predicted molar refractivity (Wildman–Crippen MR) is 117 cm³/mol. The average molecular weight is 406 g/mol. The average Bonchev–Trinajstić information content (AvgIpc) is 3.28. The molecule has 0 amide bonds. The molecule has 3 rings (SSSR count). The van der Waals surface area contributed by atoms with Crippen molar-refractivity contribution < 1.29 is 0 Å². The van der Waals surface area contributed by atoms with Gasteiger partial charge < -0.3 is 10.6 Å². The number of thiazole rings is 1. The van der Waals surface area contributed by atoms with E-state index in [1.807, 2.05) is 11.3 Å². The molecule has 1 aliphatic heterocycles. The molecule has 7 heteroatoms. The van der Waals surface area contributed by atoms with Gasteiger partial charge in [0.1, 0.15) is 0 Å². The van der Waals surface area contributed by atoms with E-state index in [-0.39, 0.29) is 0 Å². The number of aromatic nitrogens is 1. The van der Waals surface area contributed by atoms with E-state index in [1.165, 1.54) is 35.7 Å². The van der Waals surface area contributed by atoms with E-state index in [0.29, 0.717) is 6.54 Å². The van der Waals surface area contributed by atoms with Crippen molar-refractivity contribution in [1.82, 2.24) is 20.5 Å². The maximum absolute atomic E-state index is 4.76. The summed E-state index contributed by atoms with van der Waals surface area (Å²) in [6, 6.07) is 4.39. The van der Waals surface area contributed by atoms with Gasteiger partial charge in [-0.3, -0.25) is 4.90 Å². The van der Waals surface area contributed by atoms with Crippen LogP contribution in [0.1, 0.15) is 40.2 Å². The highest BCUT2D eigenvalue weighted by Gasteiger charge is 2.19. The van der Waals surface area contributed by atoms with Crippen LogP contribution < -0.4 is 10.6 Å². The second kappa shape index (κ2) is 10.2. The Bertz CT molecular complexity index is 715. The third kappa shape index (κ3) is 6.30. The lowest BCUT2D eigenvalue weighted by Crippen LogP contribution is -2.42. The van der Waals surface area contributed by atoms with Crippen molar-refractivity contribution in [2.24, 2.45) is 10.9 Å². The van der Waals surface area contributed by atoms with Crippen LogP contribution in [-0.2, 0) is 13.1 Å². The normalized spacial score (nSPS) is 16.6. The van der Waals surface area contributed by atoms with Gasteiger partial charge in [0.15, 0.2) is 5.96 Å². The van der Waals surface area contributed by atoms with Gasteiger partial charge in [-0.2, -0.15) is 0 Å². The van der Waals surface area contributed by atoms with Crippen LogP contribution in [0.2, 0.25) is 0 Å². The van der Waals surface area contributed by atoms with Crippen LogP contribution in [0.4, 0.5) is 0 Å². The second-order valence-corrected chi connectivity index (χ2v) is 9.44. The molecule has 3 heterocycles. The Hall–Kier alpha value is -1.44. The lowest BCUT2D eigenvalue weighted by Gasteiger charge is -2.32. The first-order chi connectivity index (χ1) is 13.1. The molecule has 0 unspecified atom stereocenters. The Morgan fingerprint density at radius 2 is 2.11 bits per heavy atom. The topological polar surface area (TPSA) is 52.6 Å². The van der Waals surface area contributed by atoms with Gasteiger partial charge >= 0.3 is 0 Å². The molecule has 5 nitrogen and oxygen atoms in total. The first kappa shape index (κ1) is 20.3. The highest BCUT2D eigenvalue weighted by atomic mass is 32.1. The minimum atomic E-state index is 0.700. The standard InChI is InChI=1S/C20H31N5S2/c1-4-21-20(23-13-19-15(2)24-16(3)27-19)22-12-17-7-9-25(10-8-17)14-18-6-5-11-26-18/h5-6,11,17H,4,7-10,12-14H2,1-3H3,(H2,21,22,23). The number of hydrogen-bond donors (Lipinski definition) is 2. The summed E-state index contributed by atoms with van der Waals surface area (Å²) in [5.41, 5.74) is 1.11. The molecular formula is C20H31N5S2. The van der Waals surface area contributed by atoms with Gasteiger partial charge in [0, 0.05) is 29.4 Å². The number of likely N-dealkylation sites (tertiary alicyclic amines) is 1. The highest BCUT2D eigenvalue weighted by Crippen LogP contribution is 2.20. The Morgan fingerprint density at radius 3 is 2.74 bits per heavy atom. The molecule has 0 aliphatic carbocycles. The fourth-order valence-electron chi connectivity index (χ4n) is 3.43. The third-order valence-electron chi connectivity index (χ3n) is 4.95. The zero-order chi connectivity index (χ0) is 19.1. The number of piperidine rings is 1. The van der Waals surface area contributed by atoms with Crippen LogP contribution in [0.25, 0.3) is 0 Å². The molecule has 0 radical (unpaired) electrons. The van der Waals surface area contributed by atoms with Gasteiger partial charge in [0.05, 0.1) is 17.2 Å². The van der Waals surface area contributed by atoms with Crippen molar-refractivity contribution in [1.29, 1.82) is 0 Å². The van der Waals surface area contributed by atoms with E-state index in [9.17, 15) is 0 Å². The molecule has 1 aliphatic rings. The van der Waals surface area contributed by atoms with Crippen LogP contribution >= 0.6 is 22.7 Å². The van der Waals surface area contributed by atoms with E-state index in [1.54, 1.807) is 11.3 Å². The molecule has 0 spiro atoms. The Labute approximate surface area is 170 Å². The summed E-state index contributed by atoms with van der Waals surface area (Å²) in [7, 11) is 0. The van der Waals surface area contributed by atoms with E-state index in [2.05, 4.69) is 58.8 Å². The summed E-state index contributed by atoms with van der Waals surface area (Å²) >= 11 is 3.61. The van der Waals surface area contributed by atoms with Crippen molar-refractivity contribution in [3.05, 3.63) is 38.0 Å². The lowest BCUT2D eigenvalue weighted by molar-refractivity contribution is 0.179. The molecule has 0 bridgehead atoms. The van der Waals surface area contributed by atoms with Crippen molar-refractivity contribution in [3.63, 3.8) is 0 Å². The Morgan fingerprint density at radius 1 is 1.30 bits per heavy atom. The van der Waals surface area contributed by atoms with Gasteiger partial charge in [-0.1, -0.05) is 6.07 Å². The van der Waals surface area contributed by atoms with Gasteiger partial charge in [-0.15, -0.1) is 22.7 Å². The van der Waals surface area contributed by atoms with Gasteiger partial charge in [0.25, 0.3) is 0 Å². The molecule has 1 saturated heterocycles. The quantitative estimate of drug-likeness (QED) is 0.544. The summed E-state index contributed by atoms with van der Waals surface area (Å²) in [6.07, 6.45) is 2.51. The molecule has 0 aromatic carbocycles. The monoisotopic (exact) mass is 405 g/mol. The summed E-state index contributed by atoms with van der Waals surface area (Å²) in [4.78, 5) is 14.6. The summed E-state index contributed by atoms with van der Waals surface area (Å²) in [5, 5.41) is 10.2. The molecule has 27 heavy (non-hydrogen) atoms. The molecule has 2 aromatic rings. The van der Waals surface area contributed by atoms with Gasteiger partial charge in [0.2, 0.25) is 0 Å². The van der Waals surface area contributed by atoms with Crippen molar-refractivity contribution in [2.45, 2.75) is 46.7 Å². The van der Waals surface area contributed by atoms with Crippen molar-refractivity contribution in [2.75, 3.05) is 26.2 Å². The first-order valence-electron chi connectivity index (χ1n) is 9.84. The maximum atomic E-state index is 4.76. The van der Waals surface area contributed by atoms with Crippen molar-refractivity contribution in [3.8, 4) is 0 Å². The predicted octanol–water partition coefficient (Wildman–Crippen LogP) is 3.79. The molecule has 148 valence electrons. The van der Waals surface area contributed by atoms with Crippen LogP contribution in [-0.4, -0.2) is 42.0 Å². The number of aliphatic imine (C=N–C) groups is 1. The maximum Gasteiger partial charge on any atom is 0.191 e. The van der Waals surface area contributed by atoms with Crippen LogP contribution in [0, 0.1) is 19.8 Å². The van der Waals surface area contributed by atoms with E-state index >= 15 is 0 Å². The molecule has 2 N–H and O–H groups in total. The lowest BCUT2D eigenvalue weighted by atomic mass is 9.97. The molecular weight excluding hydrogens is 374 g/mol.